The maximum Gasteiger partial charge on any atom is 0.221 e. The number of hydrogen-bond acceptors (Lipinski definition) is 3. The average Bonchev–Trinajstić information content (AvgIpc) is 2.98. The summed E-state index contributed by atoms with van der Waals surface area (Å²) < 4.78 is 5.70. The van der Waals surface area contributed by atoms with E-state index in [9.17, 15) is 4.79 Å². The molecule has 1 fully saturated rings. The topological polar surface area (TPSA) is 64.4 Å². The van der Waals surface area contributed by atoms with Gasteiger partial charge in [-0.15, -0.1) is 12.4 Å². The highest BCUT2D eigenvalue weighted by Gasteiger charge is 2.15. The molecule has 5 heteroatoms. The average molecular weight is 313 g/mol. The zero-order valence-corrected chi connectivity index (χ0v) is 13.1. The summed E-state index contributed by atoms with van der Waals surface area (Å²) in [6, 6.07) is 9.45. The number of carbonyl (C=O) groups excluding carboxylic acids is 1. The van der Waals surface area contributed by atoms with Crippen molar-refractivity contribution in [1.29, 1.82) is 0 Å². The summed E-state index contributed by atoms with van der Waals surface area (Å²) in [5.74, 6) is -0.0172. The van der Waals surface area contributed by atoms with Gasteiger partial charge in [-0.3, -0.25) is 4.79 Å². The zero-order valence-electron chi connectivity index (χ0n) is 12.3. The third-order valence-electron chi connectivity index (χ3n) is 3.71. The molecular formula is C16H25ClN2O2. The fraction of sp³-hybridized carbons (Fsp3) is 0.562. The molecule has 0 aliphatic heterocycles. The van der Waals surface area contributed by atoms with Gasteiger partial charge in [-0.1, -0.05) is 43.2 Å². The Morgan fingerprint density at radius 1 is 1.29 bits per heavy atom. The summed E-state index contributed by atoms with van der Waals surface area (Å²) in [5, 5.41) is 2.86. The van der Waals surface area contributed by atoms with E-state index in [4.69, 9.17) is 10.5 Å². The fourth-order valence-electron chi connectivity index (χ4n) is 2.56. The van der Waals surface area contributed by atoms with Crippen molar-refractivity contribution in [2.24, 2.45) is 5.73 Å². The van der Waals surface area contributed by atoms with Crippen molar-refractivity contribution in [2.45, 2.75) is 44.2 Å². The number of carbonyl (C=O) groups is 1. The van der Waals surface area contributed by atoms with Crippen LogP contribution in [-0.4, -0.2) is 25.2 Å². The van der Waals surface area contributed by atoms with E-state index in [0.29, 0.717) is 25.7 Å². The van der Waals surface area contributed by atoms with E-state index in [1.54, 1.807) is 0 Å². The van der Waals surface area contributed by atoms with Crippen molar-refractivity contribution in [3.63, 3.8) is 0 Å². The van der Waals surface area contributed by atoms with Gasteiger partial charge < -0.3 is 15.8 Å². The first-order chi connectivity index (χ1) is 9.75. The standard InChI is InChI=1S/C16H24N2O2.ClH/c17-15(13-6-2-1-3-7-13)12-16(19)18-10-11-20-14-8-4-5-9-14;/h1-3,6-7,14-15H,4-5,8-12,17H2,(H,18,19);1H. The molecule has 2 rings (SSSR count). The molecule has 0 bridgehead atoms. The summed E-state index contributed by atoms with van der Waals surface area (Å²) >= 11 is 0. The summed E-state index contributed by atoms with van der Waals surface area (Å²) in [4.78, 5) is 11.8. The molecule has 0 radical (unpaired) electrons. The predicted molar refractivity (Wildman–Crippen MR) is 86.5 cm³/mol. The molecule has 1 saturated carbocycles. The van der Waals surface area contributed by atoms with Crippen molar-refractivity contribution < 1.29 is 9.53 Å². The number of hydrogen-bond donors (Lipinski definition) is 2. The van der Waals surface area contributed by atoms with Gasteiger partial charge in [0, 0.05) is 19.0 Å². The van der Waals surface area contributed by atoms with Gasteiger partial charge in [-0.25, -0.2) is 0 Å². The molecule has 1 aliphatic carbocycles. The van der Waals surface area contributed by atoms with Crippen LogP contribution in [0.2, 0.25) is 0 Å². The minimum atomic E-state index is -0.244. The van der Waals surface area contributed by atoms with Crippen LogP contribution in [0.5, 0.6) is 0 Å². The molecule has 21 heavy (non-hydrogen) atoms. The molecule has 0 aromatic heterocycles. The fourth-order valence-corrected chi connectivity index (χ4v) is 2.56. The van der Waals surface area contributed by atoms with Crippen molar-refractivity contribution in [1.82, 2.24) is 5.32 Å². The molecule has 1 aromatic rings. The van der Waals surface area contributed by atoms with E-state index < -0.39 is 0 Å². The molecule has 118 valence electrons. The minimum absolute atomic E-state index is 0. The number of ether oxygens (including phenoxy) is 1. The van der Waals surface area contributed by atoms with Crippen LogP contribution in [0, 0.1) is 0 Å². The molecule has 1 aliphatic rings. The molecule has 0 spiro atoms. The van der Waals surface area contributed by atoms with Gasteiger partial charge in [-0.2, -0.15) is 0 Å². The Balaban J connectivity index is 0.00000220. The lowest BCUT2D eigenvalue weighted by Crippen LogP contribution is -2.31. The molecule has 1 amide bonds. The van der Waals surface area contributed by atoms with E-state index >= 15 is 0 Å². The van der Waals surface area contributed by atoms with Crippen LogP contribution in [0.4, 0.5) is 0 Å². The third kappa shape index (κ3) is 6.46. The number of rotatable bonds is 7. The van der Waals surface area contributed by atoms with Crippen LogP contribution >= 0.6 is 12.4 Å². The maximum atomic E-state index is 11.8. The van der Waals surface area contributed by atoms with Crippen molar-refractivity contribution >= 4 is 18.3 Å². The summed E-state index contributed by atoms with van der Waals surface area (Å²) in [6.07, 6.45) is 5.57. The highest BCUT2D eigenvalue weighted by atomic mass is 35.5. The first kappa shape index (κ1) is 18.0. The summed E-state index contributed by atoms with van der Waals surface area (Å²) in [7, 11) is 0. The van der Waals surface area contributed by atoms with Gasteiger partial charge in [0.1, 0.15) is 0 Å². The molecule has 4 nitrogen and oxygen atoms in total. The Bertz CT molecular complexity index is 408. The van der Waals surface area contributed by atoms with Crippen LogP contribution in [0.15, 0.2) is 30.3 Å². The second-order valence-electron chi connectivity index (χ2n) is 5.35. The molecular weight excluding hydrogens is 288 g/mol. The smallest absolute Gasteiger partial charge is 0.221 e. The molecule has 3 N–H and O–H groups in total. The second kappa shape index (κ2) is 9.77. The van der Waals surface area contributed by atoms with Crippen molar-refractivity contribution in [3.8, 4) is 0 Å². The van der Waals surface area contributed by atoms with E-state index in [2.05, 4.69) is 5.32 Å². The highest BCUT2D eigenvalue weighted by molar-refractivity contribution is 5.85. The SMILES string of the molecule is Cl.NC(CC(=O)NCCOC1CCCC1)c1ccccc1. The predicted octanol–water partition coefficient (Wildman–Crippen LogP) is 2.57. The Morgan fingerprint density at radius 2 is 1.95 bits per heavy atom. The zero-order chi connectivity index (χ0) is 14.2. The first-order valence-electron chi connectivity index (χ1n) is 7.44. The van der Waals surface area contributed by atoms with Gasteiger partial charge in [0.05, 0.1) is 12.7 Å². The monoisotopic (exact) mass is 312 g/mol. The van der Waals surface area contributed by atoms with Crippen LogP contribution < -0.4 is 11.1 Å². The highest BCUT2D eigenvalue weighted by Crippen LogP contribution is 2.20. The van der Waals surface area contributed by atoms with Crippen LogP contribution in [0.1, 0.15) is 43.7 Å². The maximum absolute atomic E-state index is 11.8. The lowest BCUT2D eigenvalue weighted by molar-refractivity contribution is -0.121. The number of nitrogens with one attached hydrogen (secondary N) is 1. The number of amides is 1. The number of benzene rings is 1. The van der Waals surface area contributed by atoms with Crippen LogP contribution in [-0.2, 0) is 9.53 Å². The lowest BCUT2D eigenvalue weighted by Gasteiger charge is -2.13. The molecule has 1 unspecified atom stereocenters. The molecule has 1 aromatic carbocycles. The van der Waals surface area contributed by atoms with Gasteiger partial charge in [-0.05, 0) is 18.4 Å². The van der Waals surface area contributed by atoms with Crippen molar-refractivity contribution in [2.75, 3.05) is 13.2 Å². The minimum Gasteiger partial charge on any atom is -0.376 e. The van der Waals surface area contributed by atoms with Gasteiger partial charge >= 0.3 is 0 Å². The second-order valence-corrected chi connectivity index (χ2v) is 5.35. The summed E-state index contributed by atoms with van der Waals surface area (Å²) in [5.41, 5.74) is 7.00. The van der Waals surface area contributed by atoms with Gasteiger partial charge in [0.25, 0.3) is 0 Å². The number of halogens is 1. The molecule has 0 heterocycles. The van der Waals surface area contributed by atoms with E-state index in [0.717, 1.165) is 18.4 Å². The third-order valence-corrected chi connectivity index (χ3v) is 3.71. The Morgan fingerprint density at radius 3 is 2.62 bits per heavy atom. The molecule has 0 saturated heterocycles. The number of nitrogens with two attached hydrogens (primary N) is 1. The summed E-state index contributed by atoms with van der Waals surface area (Å²) in [6.45, 7) is 1.16. The Kier molecular flexibility index (Phi) is 8.35. The van der Waals surface area contributed by atoms with Crippen LogP contribution in [0.25, 0.3) is 0 Å². The van der Waals surface area contributed by atoms with Crippen molar-refractivity contribution in [3.05, 3.63) is 35.9 Å². The van der Waals surface area contributed by atoms with E-state index in [1.807, 2.05) is 30.3 Å². The Hall–Kier alpha value is -1.10. The van der Waals surface area contributed by atoms with Gasteiger partial charge in [0.2, 0.25) is 5.91 Å². The van der Waals surface area contributed by atoms with E-state index in [-0.39, 0.29) is 24.4 Å². The lowest BCUT2D eigenvalue weighted by atomic mass is 10.0. The van der Waals surface area contributed by atoms with E-state index in [1.165, 1.54) is 12.8 Å². The molecule has 1 atom stereocenters. The Labute approximate surface area is 132 Å². The van der Waals surface area contributed by atoms with Gasteiger partial charge in [0.15, 0.2) is 0 Å². The quantitative estimate of drug-likeness (QED) is 0.761. The normalized spacial score (nSPS) is 16.2. The van der Waals surface area contributed by atoms with Crippen LogP contribution in [0.3, 0.4) is 0 Å². The first-order valence-corrected chi connectivity index (χ1v) is 7.44. The largest absolute Gasteiger partial charge is 0.376 e.